The van der Waals surface area contributed by atoms with Gasteiger partial charge in [0.2, 0.25) is 0 Å². The zero-order valence-corrected chi connectivity index (χ0v) is 8.63. The minimum absolute atomic E-state index is 0.132. The molecule has 0 saturated carbocycles. The van der Waals surface area contributed by atoms with Crippen LogP contribution in [0.4, 0.5) is 4.39 Å². The number of benzene rings is 1. The fraction of sp³-hybridized carbons (Fsp3) is 0.333. The molecule has 0 saturated heterocycles. The van der Waals surface area contributed by atoms with Gasteiger partial charge in [-0.3, -0.25) is 0 Å². The van der Waals surface area contributed by atoms with Crippen LogP contribution in [0.2, 0.25) is 0 Å². The van der Waals surface area contributed by atoms with Crippen LogP contribution in [0.5, 0.6) is 0 Å². The van der Waals surface area contributed by atoms with E-state index in [0.717, 1.165) is 23.9 Å². The Bertz CT molecular complexity index is 516. The normalized spacial score (nSPS) is 19.7. The Kier molecular flexibility index (Phi) is 1.83. The van der Waals surface area contributed by atoms with E-state index in [0.29, 0.717) is 6.04 Å². The van der Waals surface area contributed by atoms with Gasteiger partial charge >= 0.3 is 0 Å². The van der Waals surface area contributed by atoms with Crippen molar-refractivity contribution in [1.82, 2.24) is 9.88 Å². The van der Waals surface area contributed by atoms with Gasteiger partial charge in [0, 0.05) is 24.2 Å². The molecular weight excluding hydrogens is 191 g/mol. The zero-order chi connectivity index (χ0) is 10.4. The number of nitrogens with one attached hydrogen (secondary N) is 1. The Balaban J connectivity index is 2.25. The summed E-state index contributed by atoms with van der Waals surface area (Å²) in [6.45, 7) is 0.971. The van der Waals surface area contributed by atoms with Gasteiger partial charge < -0.3 is 9.88 Å². The second-order valence-electron chi connectivity index (χ2n) is 4.16. The molecule has 0 bridgehead atoms. The third-order valence-electron chi connectivity index (χ3n) is 3.20. The van der Waals surface area contributed by atoms with Crippen molar-refractivity contribution in [2.45, 2.75) is 19.0 Å². The molecule has 2 heterocycles. The maximum Gasteiger partial charge on any atom is 0.124 e. The van der Waals surface area contributed by atoms with E-state index in [1.807, 2.05) is 19.3 Å². The van der Waals surface area contributed by atoms with E-state index in [9.17, 15) is 4.39 Å². The zero-order valence-electron chi connectivity index (χ0n) is 8.63. The van der Waals surface area contributed by atoms with Crippen molar-refractivity contribution in [1.29, 1.82) is 0 Å². The Labute approximate surface area is 87.7 Å². The van der Waals surface area contributed by atoms with Crippen LogP contribution in [0.15, 0.2) is 24.4 Å². The average molecular weight is 204 g/mol. The van der Waals surface area contributed by atoms with Gasteiger partial charge in [-0.25, -0.2) is 4.39 Å². The summed E-state index contributed by atoms with van der Waals surface area (Å²) in [6, 6.07) is 5.66. The molecule has 78 valence electrons. The molecule has 1 aromatic carbocycles. The van der Waals surface area contributed by atoms with Crippen molar-refractivity contribution >= 4 is 10.9 Å². The second-order valence-corrected chi connectivity index (χ2v) is 4.16. The summed E-state index contributed by atoms with van der Waals surface area (Å²) in [7, 11) is 1.95. The van der Waals surface area contributed by atoms with Gasteiger partial charge in [0.1, 0.15) is 5.82 Å². The third kappa shape index (κ3) is 1.27. The molecule has 1 aromatic heterocycles. The van der Waals surface area contributed by atoms with E-state index in [-0.39, 0.29) is 5.82 Å². The highest BCUT2D eigenvalue weighted by molar-refractivity contribution is 5.84. The van der Waals surface area contributed by atoms with Crippen LogP contribution >= 0.6 is 0 Å². The molecule has 0 spiro atoms. The predicted molar refractivity (Wildman–Crippen MR) is 58.4 cm³/mol. The lowest BCUT2D eigenvalue weighted by Crippen LogP contribution is -2.34. The predicted octanol–water partition coefficient (Wildman–Crippen LogP) is 1.92. The number of hydrogen-bond donors (Lipinski definition) is 1. The van der Waals surface area contributed by atoms with Crippen LogP contribution in [0, 0.1) is 5.82 Å². The minimum Gasteiger partial charge on any atom is -0.346 e. The van der Waals surface area contributed by atoms with Crippen LogP contribution in [-0.2, 0) is 13.0 Å². The van der Waals surface area contributed by atoms with E-state index >= 15 is 0 Å². The van der Waals surface area contributed by atoms with E-state index in [2.05, 4.69) is 9.88 Å². The molecule has 2 aromatic rings. The standard InChI is InChI=1S/C12H13FN2/c1-14-11-6-9-5-10(13)4-8-2-3-15(7-11)12(8)9/h2-5,11,14H,6-7H2,1H3. The number of aromatic nitrogens is 1. The van der Waals surface area contributed by atoms with E-state index in [4.69, 9.17) is 0 Å². The molecule has 2 nitrogen and oxygen atoms in total. The van der Waals surface area contributed by atoms with Gasteiger partial charge in [-0.15, -0.1) is 0 Å². The number of likely N-dealkylation sites (N-methyl/N-ethyl adjacent to an activating group) is 1. The molecule has 1 N–H and O–H groups in total. The van der Waals surface area contributed by atoms with Gasteiger partial charge in [0.05, 0.1) is 5.52 Å². The first-order valence-corrected chi connectivity index (χ1v) is 5.22. The summed E-state index contributed by atoms with van der Waals surface area (Å²) in [5.41, 5.74) is 2.31. The van der Waals surface area contributed by atoms with Crippen molar-refractivity contribution in [3.05, 3.63) is 35.8 Å². The summed E-state index contributed by atoms with van der Waals surface area (Å²) in [6.07, 6.45) is 2.95. The number of rotatable bonds is 1. The molecule has 0 fully saturated rings. The average Bonchev–Trinajstić information content (AvgIpc) is 2.62. The summed E-state index contributed by atoms with van der Waals surface area (Å²) in [4.78, 5) is 0. The van der Waals surface area contributed by atoms with Crippen LogP contribution in [0.1, 0.15) is 5.56 Å². The molecule has 1 atom stereocenters. The molecule has 0 radical (unpaired) electrons. The van der Waals surface area contributed by atoms with E-state index in [1.165, 1.54) is 5.52 Å². The first-order valence-electron chi connectivity index (χ1n) is 5.22. The molecule has 1 aliphatic rings. The Morgan fingerprint density at radius 1 is 1.47 bits per heavy atom. The van der Waals surface area contributed by atoms with Crippen molar-refractivity contribution in [2.75, 3.05) is 7.05 Å². The SMILES string of the molecule is CNC1Cc2cc(F)cc3ccn(c23)C1. The largest absolute Gasteiger partial charge is 0.346 e. The Hall–Kier alpha value is -1.35. The fourth-order valence-electron chi connectivity index (χ4n) is 2.47. The van der Waals surface area contributed by atoms with Crippen molar-refractivity contribution in [3.8, 4) is 0 Å². The fourth-order valence-corrected chi connectivity index (χ4v) is 2.47. The summed E-state index contributed by atoms with van der Waals surface area (Å²) in [5, 5.41) is 4.27. The molecular formula is C12H13FN2. The molecule has 1 aliphatic heterocycles. The van der Waals surface area contributed by atoms with Crippen LogP contribution in [-0.4, -0.2) is 17.7 Å². The Morgan fingerprint density at radius 2 is 2.33 bits per heavy atom. The minimum atomic E-state index is -0.132. The van der Waals surface area contributed by atoms with Crippen molar-refractivity contribution in [3.63, 3.8) is 0 Å². The quantitative estimate of drug-likeness (QED) is 0.751. The molecule has 0 aliphatic carbocycles. The Morgan fingerprint density at radius 3 is 3.13 bits per heavy atom. The maximum absolute atomic E-state index is 13.3. The first kappa shape index (κ1) is 8.92. The van der Waals surface area contributed by atoms with Crippen molar-refractivity contribution < 1.29 is 4.39 Å². The maximum atomic E-state index is 13.3. The van der Waals surface area contributed by atoms with Gasteiger partial charge in [0.15, 0.2) is 0 Å². The van der Waals surface area contributed by atoms with E-state index < -0.39 is 0 Å². The summed E-state index contributed by atoms with van der Waals surface area (Å²) >= 11 is 0. The van der Waals surface area contributed by atoms with E-state index in [1.54, 1.807) is 12.1 Å². The first-order chi connectivity index (χ1) is 7.28. The highest BCUT2D eigenvalue weighted by Gasteiger charge is 2.19. The van der Waals surface area contributed by atoms with Gasteiger partial charge in [0.25, 0.3) is 0 Å². The third-order valence-corrected chi connectivity index (χ3v) is 3.20. The highest BCUT2D eigenvalue weighted by Crippen LogP contribution is 2.27. The molecule has 0 amide bonds. The molecule has 3 rings (SSSR count). The van der Waals surface area contributed by atoms with Crippen LogP contribution in [0.25, 0.3) is 10.9 Å². The lowest BCUT2D eigenvalue weighted by molar-refractivity contribution is 0.469. The summed E-state index contributed by atoms with van der Waals surface area (Å²) in [5.74, 6) is -0.132. The molecule has 15 heavy (non-hydrogen) atoms. The molecule has 3 heteroatoms. The van der Waals surface area contributed by atoms with Gasteiger partial charge in [-0.2, -0.15) is 0 Å². The number of hydrogen-bond acceptors (Lipinski definition) is 1. The number of halogens is 1. The second kappa shape index (κ2) is 3.07. The van der Waals surface area contributed by atoms with Gasteiger partial charge in [-0.05, 0) is 37.2 Å². The molecule has 1 unspecified atom stereocenters. The smallest absolute Gasteiger partial charge is 0.124 e. The lowest BCUT2D eigenvalue weighted by atomic mass is 10.00. The lowest BCUT2D eigenvalue weighted by Gasteiger charge is -2.24. The number of nitrogens with zero attached hydrogens (tertiary/aromatic N) is 1. The monoisotopic (exact) mass is 204 g/mol. The highest BCUT2D eigenvalue weighted by atomic mass is 19.1. The topological polar surface area (TPSA) is 17.0 Å². The summed E-state index contributed by atoms with van der Waals surface area (Å²) < 4.78 is 15.5. The van der Waals surface area contributed by atoms with Gasteiger partial charge in [-0.1, -0.05) is 0 Å². The van der Waals surface area contributed by atoms with Crippen LogP contribution in [0.3, 0.4) is 0 Å². The van der Waals surface area contributed by atoms with Crippen LogP contribution < -0.4 is 5.32 Å². The van der Waals surface area contributed by atoms with Crippen molar-refractivity contribution in [2.24, 2.45) is 0 Å².